The van der Waals surface area contributed by atoms with Crippen LogP contribution in [-0.2, 0) is 0 Å². The highest BCUT2D eigenvalue weighted by Crippen LogP contribution is 2.33. The van der Waals surface area contributed by atoms with Gasteiger partial charge in [0, 0.05) is 35.5 Å². The molecule has 1 saturated heterocycles. The first kappa shape index (κ1) is 16.6. The van der Waals surface area contributed by atoms with E-state index in [0.29, 0.717) is 17.3 Å². The van der Waals surface area contributed by atoms with Crippen molar-refractivity contribution in [1.29, 1.82) is 0 Å². The summed E-state index contributed by atoms with van der Waals surface area (Å²) in [4.78, 5) is 18.8. The van der Waals surface area contributed by atoms with Crippen molar-refractivity contribution < 1.29 is 9.53 Å². The summed E-state index contributed by atoms with van der Waals surface area (Å²) in [6.45, 7) is 4.11. The van der Waals surface area contributed by atoms with Gasteiger partial charge in [-0.15, -0.1) is 11.3 Å². The molecule has 0 radical (unpaired) electrons. The van der Waals surface area contributed by atoms with Crippen LogP contribution in [0, 0.1) is 0 Å². The summed E-state index contributed by atoms with van der Waals surface area (Å²) in [6.07, 6.45) is 0. The number of carbonyl (C=O) groups is 1. The molecule has 0 N–H and O–H groups in total. The number of carbonyl (C=O) groups excluding carboxylic acids is 1. The predicted octanol–water partition coefficient (Wildman–Crippen LogP) is 4.05. The maximum atomic E-state index is 12.5. The lowest BCUT2D eigenvalue weighted by Crippen LogP contribution is -2.38. The van der Waals surface area contributed by atoms with Gasteiger partial charge in [0.1, 0.15) is 16.5 Å². The molecule has 1 aromatic carbocycles. The second-order valence-corrected chi connectivity index (χ2v) is 7.51. The van der Waals surface area contributed by atoms with E-state index in [9.17, 15) is 4.79 Å². The van der Waals surface area contributed by atoms with Gasteiger partial charge in [-0.3, -0.25) is 4.79 Å². The van der Waals surface area contributed by atoms with Crippen LogP contribution in [0.15, 0.2) is 23.6 Å². The van der Waals surface area contributed by atoms with Crippen molar-refractivity contribution in [3.63, 3.8) is 0 Å². The number of thioether (sulfide) groups is 1. The largest absolute Gasteiger partial charge is 0.494 e. The first-order valence-corrected chi connectivity index (χ1v) is 9.85. The third-order valence-corrected chi connectivity index (χ3v) is 5.63. The van der Waals surface area contributed by atoms with Crippen molar-refractivity contribution in [3.05, 3.63) is 34.3 Å². The zero-order valence-corrected chi connectivity index (χ0v) is 15.1. The molecule has 2 heterocycles. The van der Waals surface area contributed by atoms with E-state index < -0.39 is 0 Å². The average molecular weight is 369 g/mol. The number of rotatable bonds is 4. The van der Waals surface area contributed by atoms with Crippen LogP contribution in [0.4, 0.5) is 0 Å². The number of hydrogen-bond acceptors (Lipinski definition) is 5. The topological polar surface area (TPSA) is 42.4 Å². The van der Waals surface area contributed by atoms with Gasteiger partial charge in [0.05, 0.1) is 11.6 Å². The lowest BCUT2D eigenvalue weighted by Gasteiger charge is -2.25. The van der Waals surface area contributed by atoms with Crippen molar-refractivity contribution in [2.45, 2.75) is 6.92 Å². The summed E-state index contributed by atoms with van der Waals surface area (Å²) in [7, 11) is 0. The Bertz CT molecular complexity index is 699. The van der Waals surface area contributed by atoms with Crippen LogP contribution in [0.1, 0.15) is 17.4 Å². The lowest BCUT2D eigenvalue weighted by atomic mass is 10.2. The first-order valence-electron chi connectivity index (χ1n) is 7.44. The number of aromatic nitrogens is 1. The summed E-state index contributed by atoms with van der Waals surface area (Å²) in [6, 6.07) is 5.54. The number of benzene rings is 1. The Hall–Kier alpha value is -1.24. The number of ether oxygens (including phenoxy) is 1. The van der Waals surface area contributed by atoms with Crippen LogP contribution in [-0.4, -0.2) is 47.0 Å². The summed E-state index contributed by atoms with van der Waals surface area (Å²) < 4.78 is 5.44. The molecule has 1 aliphatic heterocycles. The smallest absolute Gasteiger partial charge is 0.273 e. The van der Waals surface area contributed by atoms with Gasteiger partial charge in [-0.2, -0.15) is 11.8 Å². The Morgan fingerprint density at radius 3 is 2.87 bits per heavy atom. The predicted molar refractivity (Wildman–Crippen MR) is 97.0 cm³/mol. The highest BCUT2D eigenvalue weighted by atomic mass is 35.5. The zero-order valence-electron chi connectivity index (χ0n) is 12.8. The number of amides is 1. The first-order chi connectivity index (χ1) is 11.2. The second kappa shape index (κ2) is 7.55. The minimum absolute atomic E-state index is 0.00913. The Kier molecular flexibility index (Phi) is 5.46. The van der Waals surface area contributed by atoms with Gasteiger partial charge in [0.25, 0.3) is 5.91 Å². The van der Waals surface area contributed by atoms with Gasteiger partial charge >= 0.3 is 0 Å². The summed E-state index contributed by atoms with van der Waals surface area (Å²) >= 11 is 9.64. The minimum Gasteiger partial charge on any atom is -0.494 e. The molecule has 0 unspecified atom stereocenters. The Morgan fingerprint density at radius 2 is 2.17 bits per heavy atom. The molecular formula is C16H17ClN2O2S2. The molecule has 4 nitrogen and oxygen atoms in total. The number of halogens is 1. The Balaban J connectivity index is 1.80. The van der Waals surface area contributed by atoms with Crippen molar-refractivity contribution >= 4 is 40.6 Å². The van der Waals surface area contributed by atoms with Gasteiger partial charge in [0.2, 0.25) is 0 Å². The van der Waals surface area contributed by atoms with Gasteiger partial charge < -0.3 is 9.64 Å². The zero-order chi connectivity index (χ0) is 16.2. The average Bonchev–Trinajstić information content (AvgIpc) is 3.05. The second-order valence-electron chi connectivity index (χ2n) is 5.02. The summed E-state index contributed by atoms with van der Waals surface area (Å²) in [5, 5.41) is 3.15. The molecule has 1 aromatic heterocycles. The van der Waals surface area contributed by atoms with Gasteiger partial charge in [0.15, 0.2) is 0 Å². The van der Waals surface area contributed by atoms with E-state index in [4.69, 9.17) is 16.3 Å². The highest BCUT2D eigenvalue weighted by Gasteiger charge is 2.21. The molecule has 0 aliphatic carbocycles. The van der Waals surface area contributed by atoms with Gasteiger partial charge in [-0.25, -0.2) is 4.98 Å². The van der Waals surface area contributed by atoms with E-state index >= 15 is 0 Å². The van der Waals surface area contributed by atoms with Crippen LogP contribution in [0.25, 0.3) is 10.6 Å². The molecule has 122 valence electrons. The molecule has 3 rings (SSSR count). The van der Waals surface area contributed by atoms with Crippen LogP contribution in [0.3, 0.4) is 0 Å². The third-order valence-electron chi connectivity index (χ3n) is 3.50. The van der Waals surface area contributed by atoms with E-state index in [0.717, 1.165) is 40.9 Å². The molecule has 0 saturated carbocycles. The molecule has 1 amide bonds. The monoisotopic (exact) mass is 368 g/mol. The van der Waals surface area contributed by atoms with Crippen molar-refractivity contribution in [2.75, 3.05) is 31.2 Å². The standard InChI is InChI=1S/C16H17ClN2O2S2/c1-2-21-11-3-4-12(13(17)9-11)15-18-14(10-23-15)16(20)19-5-7-22-8-6-19/h3-4,9-10H,2,5-8H2,1H3. The Morgan fingerprint density at radius 1 is 1.39 bits per heavy atom. The van der Waals surface area contributed by atoms with Crippen molar-refractivity contribution in [2.24, 2.45) is 0 Å². The van der Waals surface area contributed by atoms with Crippen LogP contribution < -0.4 is 4.74 Å². The molecule has 0 atom stereocenters. The molecule has 7 heteroatoms. The number of thiazole rings is 1. The van der Waals surface area contributed by atoms with E-state index in [1.165, 1.54) is 11.3 Å². The maximum Gasteiger partial charge on any atom is 0.273 e. The third kappa shape index (κ3) is 3.82. The molecule has 1 fully saturated rings. The van der Waals surface area contributed by atoms with Crippen LogP contribution >= 0.6 is 34.7 Å². The van der Waals surface area contributed by atoms with E-state index in [1.807, 2.05) is 41.1 Å². The molecule has 23 heavy (non-hydrogen) atoms. The SMILES string of the molecule is CCOc1ccc(-c2nc(C(=O)N3CCSCC3)cs2)c(Cl)c1. The minimum atomic E-state index is 0.00913. The van der Waals surface area contributed by atoms with E-state index in [1.54, 1.807) is 6.07 Å². The van der Waals surface area contributed by atoms with E-state index in [2.05, 4.69) is 4.98 Å². The van der Waals surface area contributed by atoms with Crippen molar-refractivity contribution in [3.8, 4) is 16.3 Å². The molecule has 1 aliphatic rings. The van der Waals surface area contributed by atoms with Crippen LogP contribution in [0.5, 0.6) is 5.75 Å². The fourth-order valence-electron chi connectivity index (χ4n) is 2.35. The normalized spacial score (nSPS) is 14.8. The molecule has 2 aromatic rings. The molecule has 0 bridgehead atoms. The number of hydrogen-bond donors (Lipinski definition) is 0. The van der Waals surface area contributed by atoms with Gasteiger partial charge in [-0.1, -0.05) is 11.6 Å². The highest BCUT2D eigenvalue weighted by molar-refractivity contribution is 7.99. The summed E-state index contributed by atoms with van der Waals surface area (Å²) in [5.41, 5.74) is 1.33. The summed E-state index contributed by atoms with van der Waals surface area (Å²) in [5.74, 6) is 2.73. The van der Waals surface area contributed by atoms with Gasteiger partial charge in [-0.05, 0) is 25.1 Å². The molecular weight excluding hydrogens is 352 g/mol. The van der Waals surface area contributed by atoms with Crippen molar-refractivity contribution in [1.82, 2.24) is 9.88 Å². The fourth-order valence-corrected chi connectivity index (χ4v) is 4.40. The number of nitrogens with zero attached hydrogens (tertiary/aromatic N) is 2. The maximum absolute atomic E-state index is 12.5. The Labute approximate surface area is 148 Å². The quantitative estimate of drug-likeness (QED) is 0.816. The fraction of sp³-hybridized carbons (Fsp3) is 0.375. The lowest BCUT2D eigenvalue weighted by molar-refractivity contribution is 0.0767. The van der Waals surface area contributed by atoms with E-state index in [-0.39, 0.29) is 5.91 Å². The van der Waals surface area contributed by atoms with Crippen LogP contribution in [0.2, 0.25) is 5.02 Å². The molecule has 0 spiro atoms.